The number of hydrogen-bond acceptors (Lipinski definition) is 4. The standard InChI is InChI=1S/C12H17ClN2O3S/c13-10-3-4-11(12(9-10)19(14,16)17)18-8-7-15-5-1-2-6-15/h3-4,9H,1-2,5-8H2,(H2,14,16,17). The molecule has 2 rings (SSSR count). The van der Waals surface area contributed by atoms with Gasteiger partial charge in [-0.1, -0.05) is 11.6 Å². The lowest BCUT2D eigenvalue weighted by Crippen LogP contribution is -2.25. The Morgan fingerprint density at radius 1 is 1.32 bits per heavy atom. The molecule has 1 aromatic rings. The van der Waals surface area contributed by atoms with E-state index in [4.69, 9.17) is 21.5 Å². The van der Waals surface area contributed by atoms with Gasteiger partial charge in [-0.15, -0.1) is 0 Å². The second kappa shape index (κ2) is 6.09. The summed E-state index contributed by atoms with van der Waals surface area (Å²) in [5.41, 5.74) is 0. The van der Waals surface area contributed by atoms with Gasteiger partial charge in [0.05, 0.1) is 0 Å². The molecule has 0 saturated carbocycles. The van der Waals surface area contributed by atoms with Crippen LogP contribution < -0.4 is 9.88 Å². The highest BCUT2D eigenvalue weighted by Gasteiger charge is 2.17. The lowest BCUT2D eigenvalue weighted by atomic mass is 10.3. The molecule has 1 aliphatic heterocycles. The number of nitrogens with zero attached hydrogens (tertiary/aromatic N) is 1. The Bertz CT molecular complexity index is 542. The molecule has 7 heteroatoms. The lowest BCUT2D eigenvalue weighted by Gasteiger charge is -2.16. The third-order valence-electron chi connectivity index (χ3n) is 3.08. The first-order valence-corrected chi connectivity index (χ1v) is 8.07. The molecule has 5 nitrogen and oxygen atoms in total. The summed E-state index contributed by atoms with van der Waals surface area (Å²) in [4.78, 5) is 2.22. The summed E-state index contributed by atoms with van der Waals surface area (Å²) >= 11 is 5.78. The molecule has 2 N–H and O–H groups in total. The average molecular weight is 305 g/mol. The van der Waals surface area contributed by atoms with E-state index in [9.17, 15) is 8.42 Å². The number of hydrogen-bond donors (Lipinski definition) is 1. The maximum atomic E-state index is 11.5. The van der Waals surface area contributed by atoms with Gasteiger partial charge in [-0.2, -0.15) is 0 Å². The van der Waals surface area contributed by atoms with Crippen LogP contribution in [-0.4, -0.2) is 39.6 Å². The van der Waals surface area contributed by atoms with Crippen LogP contribution in [-0.2, 0) is 10.0 Å². The van der Waals surface area contributed by atoms with Gasteiger partial charge in [0, 0.05) is 11.6 Å². The molecule has 0 aliphatic carbocycles. The van der Waals surface area contributed by atoms with Crippen LogP contribution >= 0.6 is 11.6 Å². The van der Waals surface area contributed by atoms with Crippen molar-refractivity contribution in [3.8, 4) is 5.75 Å². The zero-order valence-corrected chi connectivity index (χ0v) is 12.1. The summed E-state index contributed by atoms with van der Waals surface area (Å²) in [5, 5.41) is 5.46. The Morgan fingerprint density at radius 3 is 2.63 bits per heavy atom. The van der Waals surface area contributed by atoms with Gasteiger partial charge in [0.1, 0.15) is 17.3 Å². The van der Waals surface area contributed by atoms with Crippen molar-refractivity contribution in [1.82, 2.24) is 4.90 Å². The summed E-state index contributed by atoms with van der Waals surface area (Å²) in [6.45, 7) is 3.37. The summed E-state index contributed by atoms with van der Waals surface area (Å²) < 4.78 is 28.4. The fraction of sp³-hybridized carbons (Fsp3) is 0.500. The molecule has 0 amide bonds. The van der Waals surface area contributed by atoms with E-state index in [0.29, 0.717) is 11.6 Å². The van der Waals surface area contributed by atoms with Gasteiger partial charge in [-0.25, -0.2) is 13.6 Å². The second-order valence-electron chi connectivity index (χ2n) is 4.53. The highest BCUT2D eigenvalue weighted by Crippen LogP contribution is 2.26. The number of sulfonamides is 1. The first-order valence-electron chi connectivity index (χ1n) is 6.14. The number of primary sulfonamides is 1. The first-order chi connectivity index (χ1) is 8.97. The molecule has 0 aromatic heterocycles. The lowest BCUT2D eigenvalue weighted by molar-refractivity contribution is 0.234. The predicted octanol–water partition coefficient (Wildman–Crippen LogP) is 1.46. The van der Waals surface area contributed by atoms with E-state index in [0.717, 1.165) is 19.6 Å². The minimum absolute atomic E-state index is 0.0681. The highest BCUT2D eigenvalue weighted by atomic mass is 35.5. The number of nitrogens with two attached hydrogens (primary N) is 1. The molecule has 0 bridgehead atoms. The normalized spacial score (nSPS) is 16.7. The minimum Gasteiger partial charge on any atom is -0.491 e. The van der Waals surface area contributed by atoms with Crippen LogP contribution in [0.3, 0.4) is 0 Å². The van der Waals surface area contributed by atoms with Crippen molar-refractivity contribution in [1.29, 1.82) is 0 Å². The molecule has 0 spiro atoms. The van der Waals surface area contributed by atoms with E-state index in [1.807, 2.05) is 0 Å². The van der Waals surface area contributed by atoms with Crippen molar-refractivity contribution >= 4 is 21.6 Å². The number of rotatable bonds is 5. The van der Waals surface area contributed by atoms with E-state index in [1.165, 1.54) is 25.0 Å². The SMILES string of the molecule is NS(=O)(=O)c1cc(Cl)ccc1OCCN1CCCC1. The average Bonchev–Trinajstić information content (AvgIpc) is 2.83. The molecule has 1 fully saturated rings. The maximum Gasteiger partial charge on any atom is 0.241 e. The van der Waals surface area contributed by atoms with Crippen molar-refractivity contribution < 1.29 is 13.2 Å². The van der Waals surface area contributed by atoms with Gasteiger partial charge in [0.2, 0.25) is 10.0 Å². The van der Waals surface area contributed by atoms with Crippen LogP contribution in [0.15, 0.2) is 23.1 Å². The highest BCUT2D eigenvalue weighted by molar-refractivity contribution is 7.89. The Kier molecular flexibility index (Phi) is 4.67. The van der Waals surface area contributed by atoms with E-state index in [2.05, 4.69) is 4.90 Å². The fourth-order valence-electron chi connectivity index (χ4n) is 2.11. The van der Waals surface area contributed by atoms with E-state index < -0.39 is 10.0 Å². The maximum absolute atomic E-state index is 11.5. The molecule has 0 unspecified atom stereocenters. The molecule has 1 aromatic carbocycles. The Hall–Kier alpha value is -0.820. The van der Waals surface area contributed by atoms with Gasteiger partial charge in [0.25, 0.3) is 0 Å². The summed E-state index contributed by atoms with van der Waals surface area (Å²) in [6, 6.07) is 4.43. The van der Waals surface area contributed by atoms with Crippen molar-refractivity contribution in [3.05, 3.63) is 23.2 Å². The van der Waals surface area contributed by atoms with E-state index >= 15 is 0 Å². The largest absolute Gasteiger partial charge is 0.491 e. The summed E-state index contributed by atoms with van der Waals surface area (Å²) in [5.74, 6) is 0.256. The second-order valence-corrected chi connectivity index (χ2v) is 6.50. The molecule has 0 atom stereocenters. The molecule has 1 saturated heterocycles. The number of benzene rings is 1. The van der Waals surface area contributed by atoms with Crippen LogP contribution in [0.2, 0.25) is 5.02 Å². The predicted molar refractivity (Wildman–Crippen MR) is 74.0 cm³/mol. The van der Waals surface area contributed by atoms with E-state index in [1.54, 1.807) is 6.07 Å². The number of ether oxygens (including phenoxy) is 1. The van der Waals surface area contributed by atoms with Crippen molar-refractivity contribution in [2.75, 3.05) is 26.2 Å². The number of likely N-dealkylation sites (tertiary alicyclic amines) is 1. The molecular weight excluding hydrogens is 288 g/mol. The number of halogens is 1. The summed E-state index contributed by atoms with van der Waals surface area (Å²) in [6.07, 6.45) is 2.42. The van der Waals surface area contributed by atoms with Crippen molar-refractivity contribution in [2.45, 2.75) is 17.7 Å². The van der Waals surface area contributed by atoms with Gasteiger partial charge >= 0.3 is 0 Å². The Morgan fingerprint density at radius 2 is 2.00 bits per heavy atom. The third kappa shape index (κ3) is 4.07. The molecule has 1 aliphatic rings. The quantitative estimate of drug-likeness (QED) is 0.894. The molecule has 0 radical (unpaired) electrons. The van der Waals surface area contributed by atoms with Crippen LogP contribution in [0.1, 0.15) is 12.8 Å². The van der Waals surface area contributed by atoms with Crippen LogP contribution in [0.4, 0.5) is 0 Å². The molecule has 19 heavy (non-hydrogen) atoms. The van der Waals surface area contributed by atoms with Crippen LogP contribution in [0, 0.1) is 0 Å². The van der Waals surface area contributed by atoms with Gasteiger partial charge in [-0.05, 0) is 44.1 Å². The molecule has 1 heterocycles. The van der Waals surface area contributed by atoms with Gasteiger partial charge in [-0.3, -0.25) is 4.90 Å². The Balaban J connectivity index is 2.03. The first kappa shape index (κ1) is 14.6. The van der Waals surface area contributed by atoms with Crippen molar-refractivity contribution in [3.63, 3.8) is 0 Å². The fourth-order valence-corrected chi connectivity index (χ4v) is 3.05. The molecular formula is C12H17ClN2O3S. The summed E-state index contributed by atoms with van der Waals surface area (Å²) in [7, 11) is -3.83. The zero-order valence-electron chi connectivity index (χ0n) is 10.5. The van der Waals surface area contributed by atoms with Gasteiger partial charge < -0.3 is 4.74 Å². The van der Waals surface area contributed by atoms with Gasteiger partial charge in [0.15, 0.2) is 0 Å². The van der Waals surface area contributed by atoms with E-state index in [-0.39, 0.29) is 10.6 Å². The zero-order chi connectivity index (χ0) is 13.9. The minimum atomic E-state index is -3.83. The monoisotopic (exact) mass is 304 g/mol. The smallest absolute Gasteiger partial charge is 0.241 e. The molecule has 106 valence electrons. The Labute approximate surface area is 118 Å². The third-order valence-corrected chi connectivity index (χ3v) is 4.24. The van der Waals surface area contributed by atoms with Crippen LogP contribution in [0.25, 0.3) is 0 Å². The topological polar surface area (TPSA) is 72.6 Å². The van der Waals surface area contributed by atoms with Crippen molar-refractivity contribution in [2.24, 2.45) is 5.14 Å². The van der Waals surface area contributed by atoms with Crippen LogP contribution in [0.5, 0.6) is 5.75 Å².